The number of hydrogen-bond acceptors (Lipinski definition) is 4. The van der Waals surface area contributed by atoms with E-state index in [2.05, 4.69) is 17.1 Å². The van der Waals surface area contributed by atoms with Crippen LogP contribution in [0.2, 0.25) is 0 Å². The van der Waals surface area contributed by atoms with Gasteiger partial charge in [-0.05, 0) is 38.0 Å². The number of aromatic nitrogens is 2. The highest BCUT2D eigenvalue weighted by atomic mass is 16.5. The number of amides is 1. The van der Waals surface area contributed by atoms with Crippen molar-refractivity contribution in [2.75, 3.05) is 19.7 Å². The number of nitrogens with one attached hydrogen (secondary N) is 1. The van der Waals surface area contributed by atoms with Crippen LogP contribution in [0.4, 0.5) is 0 Å². The van der Waals surface area contributed by atoms with E-state index >= 15 is 0 Å². The number of H-pyrrole nitrogens is 1. The van der Waals surface area contributed by atoms with Gasteiger partial charge in [-0.25, -0.2) is 5.10 Å². The van der Waals surface area contributed by atoms with Gasteiger partial charge in [0.15, 0.2) is 0 Å². The van der Waals surface area contributed by atoms with Gasteiger partial charge in [0.05, 0.1) is 12.3 Å². The summed E-state index contributed by atoms with van der Waals surface area (Å²) in [6.07, 6.45) is 3.03. The van der Waals surface area contributed by atoms with Gasteiger partial charge in [0.1, 0.15) is 5.75 Å². The van der Waals surface area contributed by atoms with Crippen molar-refractivity contribution in [2.45, 2.75) is 32.6 Å². The summed E-state index contributed by atoms with van der Waals surface area (Å²) in [5.41, 5.74) is 1.71. The lowest BCUT2D eigenvalue weighted by molar-refractivity contribution is -0.133. The summed E-state index contributed by atoms with van der Waals surface area (Å²) in [4.78, 5) is 25.4. The normalized spacial score (nSPS) is 17.1. The molecular weight excluding hydrogens is 330 g/mol. The number of ether oxygens (including phenoxy) is 1. The number of carbonyl (C=O) groups excluding carboxylic acids is 1. The van der Waals surface area contributed by atoms with Gasteiger partial charge in [-0.1, -0.05) is 17.7 Å². The number of rotatable bonds is 6. The van der Waals surface area contributed by atoms with Crippen LogP contribution in [-0.4, -0.2) is 40.7 Å². The minimum Gasteiger partial charge on any atom is -0.493 e. The van der Waals surface area contributed by atoms with Gasteiger partial charge in [-0.2, -0.15) is 5.10 Å². The Bertz CT molecular complexity index is 765. The molecule has 0 saturated carbocycles. The first-order chi connectivity index (χ1) is 12.6. The third-order valence-corrected chi connectivity index (χ3v) is 4.71. The molecule has 3 rings (SSSR count). The summed E-state index contributed by atoms with van der Waals surface area (Å²) in [5, 5.41) is 6.35. The third-order valence-electron chi connectivity index (χ3n) is 4.71. The topological polar surface area (TPSA) is 75.3 Å². The molecule has 1 aromatic heterocycles. The Morgan fingerprint density at radius 1 is 1.27 bits per heavy atom. The maximum atomic E-state index is 12.5. The Kier molecular flexibility index (Phi) is 6.04. The van der Waals surface area contributed by atoms with Crippen LogP contribution < -0.4 is 10.3 Å². The molecule has 6 heteroatoms. The van der Waals surface area contributed by atoms with Crippen LogP contribution in [0, 0.1) is 12.8 Å². The van der Waals surface area contributed by atoms with E-state index in [4.69, 9.17) is 4.74 Å². The molecule has 0 spiro atoms. The molecule has 1 atom stereocenters. The van der Waals surface area contributed by atoms with Crippen molar-refractivity contribution in [3.8, 4) is 5.75 Å². The highest BCUT2D eigenvalue weighted by Gasteiger charge is 2.24. The highest BCUT2D eigenvalue weighted by molar-refractivity contribution is 5.76. The van der Waals surface area contributed by atoms with E-state index in [9.17, 15) is 9.59 Å². The summed E-state index contributed by atoms with van der Waals surface area (Å²) in [6.45, 7) is 4.23. The van der Waals surface area contributed by atoms with Crippen LogP contribution in [0.5, 0.6) is 5.75 Å². The molecule has 1 fully saturated rings. The van der Waals surface area contributed by atoms with Crippen molar-refractivity contribution < 1.29 is 9.53 Å². The van der Waals surface area contributed by atoms with Gasteiger partial charge in [0.25, 0.3) is 5.56 Å². The van der Waals surface area contributed by atoms with Crippen molar-refractivity contribution in [3.63, 3.8) is 0 Å². The summed E-state index contributed by atoms with van der Waals surface area (Å²) < 4.78 is 5.89. The number of likely N-dealkylation sites (tertiary alicyclic amines) is 1. The monoisotopic (exact) mass is 355 g/mol. The Morgan fingerprint density at radius 2 is 2.08 bits per heavy atom. The zero-order chi connectivity index (χ0) is 18.4. The fraction of sp³-hybridized carbons (Fsp3) is 0.450. The Balaban J connectivity index is 1.46. The number of carbonyl (C=O) groups is 1. The van der Waals surface area contributed by atoms with Gasteiger partial charge in [-0.3, -0.25) is 9.59 Å². The van der Waals surface area contributed by atoms with Crippen LogP contribution in [0.25, 0.3) is 0 Å². The molecule has 1 aromatic carbocycles. The zero-order valence-electron chi connectivity index (χ0n) is 15.1. The van der Waals surface area contributed by atoms with Crippen LogP contribution in [0.1, 0.15) is 30.5 Å². The fourth-order valence-corrected chi connectivity index (χ4v) is 3.18. The highest BCUT2D eigenvalue weighted by Crippen LogP contribution is 2.20. The van der Waals surface area contributed by atoms with E-state index in [1.165, 1.54) is 11.6 Å². The molecule has 1 N–H and O–H groups in total. The second kappa shape index (κ2) is 8.65. The minimum absolute atomic E-state index is 0.137. The number of benzene rings is 1. The molecule has 0 radical (unpaired) electrons. The van der Waals surface area contributed by atoms with E-state index in [1.807, 2.05) is 29.2 Å². The van der Waals surface area contributed by atoms with Crippen molar-refractivity contribution in [1.82, 2.24) is 15.1 Å². The molecule has 26 heavy (non-hydrogen) atoms. The van der Waals surface area contributed by atoms with E-state index < -0.39 is 0 Å². The van der Waals surface area contributed by atoms with Crippen molar-refractivity contribution in [1.29, 1.82) is 0 Å². The summed E-state index contributed by atoms with van der Waals surface area (Å²) in [6, 6.07) is 11.1. The van der Waals surface area contributed by atoms with Gasteiger partial charge in [0.2, 0.25) is 5.91 Å². The summed E-state index contributed by atoms with van der Waals surface area (Å²) in [5.74, 6) is 1.38. The standard InChI is InChI=1S/C20H25N3O3/c1-15-4-8-18(9-5-15)26-14-16-3-2-12-23(13-16)20(25)11-7-17-6-10-19(24)22-21-17/h4-6,8-10,16H,2-3,7,11-14H2,1H3,(H,22,24)/t16-/m1/s1. The SMILES string of the molecule is Cc1ccc(OC[C@@H]2CCCN(C(=O)CCc3ccc(=O)[nH]n3)C2)cc1. The number of nitrogens with zero attached hydrogens (tertiary/aromatic N) is 2. The van der Waals surface area contributed by atoms with E-state index in [0.29, 0.717) is 25.4 Å². The van der Waals surface area contributed by atoms with E-state index in [-0.39, 0.29) is 11.5 Å². The molecule has 138 valence electrons. The number of hydrogen-bond donors (Lipinski definition) is 1. The third kappa shape index (κ3) is 5.18. The quantitative estimate of drug-likeness (QED) is 0.863. The molecule has 1 amide bonds. The first-order valence-electron chi connectivity index (χ1n) is 9.12. The Hall–Kier alpha value is -2.63. The predicted octanol–water partition coefficient (Wildman–Crippen LogP) is 2.33. The van der Waals surface area contributed by atoms with Gasteiger partial charge < -0.3 is 9.64 Å². The molecule has 0 bridgehead atoms. The lowest BCUT2D eigenvalue weighted by Gasteiger charge is -2.32. The summed E-state index contributed by atoms with van der Waals surface area (Å²) in [7, 11) is 0. The van der Waals surface area contributed by atoms with Crippen LogP contribution in [0.15, 0.2) is 41.2 Å². The zero-order valence-corrected chi connectivity index (χ0v) is 15.1. The number of piperidine rings is 1. The van der Waals surface area contributed by atoms with E-state index in [1.54, 1.807) is 6.07 Å². The lowest BCUT2D eigenvalue weighted by Crippen LogP contribution is -2.41. The second-order valence-corrected chi connectivity index (χ2v) is 6.88. The minimum atomic E-state index is -0.229. The maximum absolute atomic E-state index is 12.5. The van der Waals surface area contributed by atoms with Crippen LogP contribution >= 0.6 is 0 Å². The lowest BCUT2D eigenvalue weighted by atomic mass is 9.98. The van der Waals surface area contributed by atoms with Crippen LogP contribution in [0.3, 0.4) is 0 Å². The van der Waals surface area contributed by atoms with Crippen molar-refractivity contribution in [3.05, 3.63) is 58.0 Å². The molecule has 1 aliphatic heterocycles. The average Bonchev–Trinajstić information content (AvgIpc) is 2.67. The first-order valence-corrected chi connectivity index (χ1v) is 9.12. The van der Waals surface area contributed by atoms with Gasteiger partial charge in [0, 0.05) is 37.9 Å². The fourth-order valence-electron chi connectivity index (χ4n) is 3.18. The molecule has 6 nitrogen and oxygen atoms in total. The molecular formula is C20H25N3O3. The van der Waals surface area contributed by atoms with Gasteiger partial charge >= 0.3 is 0 Å². The molecule has 1 aliphatic rings. The number of aryl methyl sites for hydroxylation is 2. The maximum Gasteiger partial charge on any atom is 0.264 e. The number of aromatic amines is 1. The van der Waals surface area contributed by atoms with Crippen LogP contribution in [-0.2, 0) is 11.2 Å². The molecule has 2 heterocycles. The Morgan fingerprint density at radius 3 is 2.81 bits per heavy atom. The molecule has 0 unspecified atom stereocenters. The van der Waals surface area contributed by atoms with E-state index in [0.717, 1.165) is 37.4 Å². The Labute approximate surface area is 153 Å². The smallest absolute Gasteiger partial charge is 0.264 e. The van der Waals surface area contributed by atoms with Crippen molar-refractivity contribution >= 4 is 5.91 Å². The predicted molar refractivity (Wildman–Crippen MR) is 99.2 cm³/mol. The average molecular weight is 355 g/mol. The largest absolute Gasteiger partial charge is 0.493 e. The van der Waals surface area contributed by atoms with Gasteiger partial charge in [-0.15, -0.1) is 0 Å². The summed E-state index contributed by atoms with van der Waals surface area (Å²) >= 11 is 0. The van der Waals surface area contributed by atoms with Crippen molar-refractivity contribution in [2.24, 2.45) is 5.92 Å². The first kappa shape index (κ1) is 18.2. The second-order valence-electron chi connectivity index (χ2n) is 6.88. The molecule has 0 aliphatic carbocycles. The molecule has 1 saturated heterocycles. The molecule has 2 aromatic rings.